The summed E-state index contributed by atoms with van der Waals surface area (Å²) in [5, 5.41) is 11.2. The quantitative estimate of drug-likeness (QED) is 0.578. The lowest BCUT2D eigenvalue weighted by atomic mass is 10.1. The van der Waals surface area contributed by atoms with Gasteiger partial charge in [-0.05, 0) is 43.1 Å². The summed E-state index contributed by atoms with van der Waals surface area (Å²) in [6, 6.07) is 14.6. The van der Waals surface area contributed by atoms with Crippen molar-refractivity contribution in [2.45, 2.75) is 31.2 Å². The van der Waals surface area contributed by atoms with Crippen LogP contribution in [-0.4, -0.2) is 27.4 Å². The maximum atomic E-state index is 11.8. The second-order valence-electron chi connectivity index (χ2n) is 6.20. The number of amides is 1. The molecule has 0 bridgehead atoms. The van der Waals surface area contributed by atoms with Gasteiger partial charge < -0.3 is 10.6 Å². The lowest BCUT2D eigenvalue weighted by molar-refractivity contribution is -0.121. The number of primary sulfonamides is 1. The maximum absolute atomic E-state index is 11.8. The van der Waals surface area contributed by atoms with Crippen molar-refractivity contribution in [3.63, 3.8) is 0 Å². The molecule has 26 heavy (non-hydrogen) atoms. The Balaban J connectivity index is 1.62. The summed E-state index contributed by atoms with van der Waals surface area (Å²) >= 11 is 0. The molecule has 1 amide bonds. The molecule has 0 radical (unpaired) electrons. The van der Waals surface area contributed by atoms with Gasteiger partial charge >= 0.3 is 0 Å². The first-order valence-corrected chi connectivity index (χ1v) is 10.0. The van der Waals surface area contributed by atoms with Crippen molar-refractivity contribution in [3.05, 3.63) is 65.2 Å². The smallest absolute Gasteiger partial charge is 0.238 e. The molecule has 140 valence electrons. The van der Waals surface area contributed by atoms with E-state index < -0.39 is 10.0 Å². The fraction of sp³-hybridized carbons (Fsp3) is 0.316. The molecule has 0 atom stereocenters. The molecule has 0 unspecified atom stereocenters. The largest absolute Gasteiger partial charge is 0.352 e. The Kier molecular flexibility index (Phi) is 7.32. The van der Waals surface area contributed by atoms with Crippen LogP contribution in [0.4, 0.5) is 0 Å². The highest BCUT2D eigenvalue weighted by molar-refractivity contribution is 7.89. The molecular formula is C19H25N3O3S. The number of carbonyl (C=O) groups excluding carboxylic acids is 1. The summed E-state index contributed by atoms with van der Waals surface area (Å²) in [6.07, 6.45) is 1.16. The highest BCUT2D eigenvalue weighted by atomic mass is 32.2. The maximum Gasteiger partial charge on any atom is 0.238 e. The second kappa shape index (κ2) is 9.47. The van der Waals surface area contributed by atoms with Gasteiger partial charge in [-0.15, -0.1) is 0 Å². The predicted octanol–water partition coefficient (Wildman–Crippen LogP) is 1.48. The molecule has 0 aliphatic carbocycles. The topological polar surface area (TPSA) is 101 Å². The van der Waals surface area contributed by atoms with Crippen LogP contribution in [0.1, 0.15) is 23.1 Å². The van der Waals surface area contributed by atoms with E-state index in [4.69, 9.17) is 5.14 Å². The third-order valence-electron chi connectivity index (χ3n) is 3.94. The van der Waals surface area contributed by atoms with Gasteiger partial charge in [0.2, 0.25) is 15.9 Å². The van der Waals surface area contributed by atoms with Crippen LogP contribution in [0.15, 0.2) is 53.4 Å². The van der Waals surface area contributed by atoms with E-state index in [1.54, 1.807) is 12.1 Å². The van der Waals surface area contributed by atoms with Crippen LogP contribution in [0.3, 0.4) is 0 Å². The zero-order valence-electron chi connectivity index (χ0n) is 14.9. The van der Waals surface area contributed by atoms with E-state index in [0.717, 1.165) is 17.5 Å². The van der Waals surface area contributed by atoms with Crippen molar-refractivity contribution in [2.24, 2.45) is 5.14 Å². The Morgan fingerprint density at radius 1 is 1.04 bits per heavy atom. The third-order valence-corrected chi connectivity index (χ3v) is 4.87. The van der Waals surface area contributed by atoms with Crippen LogP contribution in [0.2, 0.25) is 0 Å². The third kappa shape index (κ3) is 6.95. The number of aryl methyl sites for hydroxylation is 1. The molecule has 2 aromatic rings. The van der Waals surface area contributed by atoms with Crippen molar-refractivity contribution in [1.82, 2.24) is 10.6 Å². The molecular weight excluding hydrogens is 350 g/mol. The van der Waals surface area contributed by atoms with Crippen molar-refractivity contribution in [1.29, 1.82) is 0 Å². The van der Waals surface area contributed by atoms with Gasteiger partial charge in [-0.3, -0.25) is 4.79 Å². The molecule has 2 aromatic carbocycles. The Morgan fingerprint density at radius 3 is 2.42 bits per heavy atom. The first kappa shape index (κ1) is 20.1. The normalized spacial score (nSPS) is 11.3. The van der Waals surface area contributed by atoms with Gasteiger partial charge in [0.05, 0.1) is 4.90 Å². The van der Waals surface area contributed by atoms with Crippen molar-refractivity contribution in [3.8, 4) is 0 Å². The molecule has 0 heterocycles. The minimum absolute atomic E-state index is 0.0107. The molecule has 2 rings (SSSR count). The number of carbonyl (C=O) groups is 1. The molecule has 0 aliphatic heterocycles. The van der Waals surface area contributed by atoms with Gasteiger partial charge in [-0.2, -0.15) is 0 Å². The zero-order chi connectivity index (χ0) is 19.0. The second-order valence-corrected chi connectivity index (χ2v) is 7.77. The van der Waals surface area contributed by atoms with Gasteiger partial charge in [0.15, 0.2) is 0 Å². The van der Waals surface area contributed by atoms with E-state index in [0.29, 0.717) is 26.1 Å². The average Bonchev–Trinajstić information content (AvgIpc) is 2.59. The van der Waals surface area contributed by atoms with E-state index in [1.165, 1.54) is 17.7 Å². The van der Waals surface area contributed by atoms with Crippen molar-refractivity contribution >= 4 is 15.9 Å². The van der Waals surface area contributed by atoms with E-state index in [2.05, 4.69) is 16.7 Å². The number of nitrogens with one attached hydrogen (secondary N) is 2. The molecule has 0 saturated carbocycles. The monoisotopic (exact) mass is 375 g/mol. The van der Waals surface area contributed by atoms with Crippen LogP contribution in [0.25, 0.3) is 0 Å². The lowest BCUT2D eigenvalue weighted by Gasteiger charge is -2.08. The van der Waals surface area contributed by atoms with Crippen LogP contribution in [0, 0.1) is 6.92 Å². The van der Waals surface area contributed by atoms with E-state index in [-0.39, 0.29) is 10.8 Å². The fourth-order valence-electron chi connectivity index (χ4n) is 2.52. The minimum atomic E-state index is -3.65. The van der Waals surface area contributed by atoms with Gasteiger partial charge in [0.1, 0.15) is 0 Å². The molecule has 6 nitrogen and oxygen atoms in total. The summed E-state index contributed by atoms with van der Waals surface area (Å²) in [5.41, 5.74) is 3.28. The molecule has 4 N–H and O–H groups in total. The summed E-state index contributed by atoms with van der Waals surface area (Å²) in [6.45, 7) is 3.86. The summed E-state index contributed by atoms with van der Waals surface area (Å²) in [5.74, 6) is 0.0107. The van der Waals surface area contributed by atoms with Gasteiger partial charge in [-0.1, -0.05) is 42.0 Å². The van der Waals surface area contributed by atoms with Gasteiger partial charge in [0.25, 0.3) is 0 Å². The van der Waals surface area contributed by atoms with Gasteiger partial charge in [-0.25, -0.2) is 13.6 Å². The number of rotatable bonds is 9. The van der Waals surface area contributed by atoms with Crippen molar-refractivity contribution in [2.75, 3.05) is 13.1 Å². The summed E-state index contributed by atoms with van der Waals surface area (Å²) in [7, 11) is -3.65. The van der Waals surface area contributed by atoms with Gasteiger partial charge in [0, 0.05) is 19.5 Å². The number of hydrogen-bond donors (Lipinski definition) is 3. The lowest BCUT2D eigenvalue weighted by Crippen LogP contribution is -2.28. The molecule has 7 heteroatoms. The van der Waals surface area contributed by atoms with Crippen LogP contribution in [0.5, 0.6) is 0 Å². The van der Waals surface area contributed by atoms with E-state index >= 15 is 0 Å². The molecule has 0 fully saturated rings. The standard InChI is InChI=1S/C19H25N3O3S/c1-15-3-2-4-17(13-15)14-22-19(23)10-12-21-11-9-16-5-7-18(8-6-16)26(20,24)25/h2-8,13,21H,9-12,14H2,1H3,(H,22,23)(H2,20,24,25). The molecule has 0 spiro atoms. The predicted molar refractivity (Wildman–Crippen MR) is 102 cm³/mol. The first-order valence-electron chi connectivity index (χ1n) is 8.49. The van der Waals surface area contributed by atoms with Crippen molar-refractivity contribution < 1.29 is 13.2 Å². The molecule has 0 aliphatic rings. The Bertz CT molecular complexity index is 833. The van der Waals surface area contributed by atoms with Crippen LogP contribution in [-0.2, 0) is 27.8 Å². The van der Waals surface area contributed by atoms with E-state index in [9.17, 15) is 13.2 Å². The average molecular weight is 375 g/mol. The molecule has 0 aromatic heterocycles. The molecule has 0 saturated heterocycles. The van der Waals surface area contributed by atoms with E-state index in [1.807, 2.05) is 25.1 Å². The number of benzene rings is 2. The van der Waals surface area contributed by atoms with Crippen LogP contribution < -0.4 is 15.8 Å². The first-order chi connectivity index (χ1) is 12.3. The highest BCUT2D eigenvalue weighted by Gasteiger charge is 2.06. The SMILES string of the molecule is Cc1cccc(CNC(=O)CCNCCc2ccc(S(N)(=O)=O)cc2)c1. The van der Waals surface area contributed by atoms with Crippen LogP contribution >= 0.6 is 0 Å². The minimum Gasteiger partial charge on any atom is -0.352 e. The Hall–Kier alpha value is -2.22. The fourth-order valence-corrected chi connectivity index (χ4v) is 3.03. The Labute approximate surface area is 154 Å². The highest BCUT2D eigenvalue weighted by Crippen LogP contribution is 2.09. The number of nitrogens with two attached hydrogens (primary N) is 1. The summed E-state index contributed by atoms with van der Waals surface area (Å²) < 4.78 is 22.4. The zero-order valence-corrected chi connectivity index (χ0v) is 15.7. The summed E-state index contributed by atoms with van der Waals surface area (Å²) in [4.78, 5) is 12.0. The number of hydrogen-bond acceptors (Lipinski definition) is 4. The number of sulfonamides is 1. The Morgan fingerprint density at radius 2 is 1.77 bits per heavy atom.